The first kappa shape index (κ1) is 11.1. The van der Waals surface area contributed by atoms with Crippen LogP contribution in [0.15, 0.2) is 34.7 Å². The molecule has 3 aliphatic carbocycles. The van der Waals surface area contributed by atoms with E-state index in [1.54, 1.807) is 0 Å². The molecule has 0 amide bonds. The van der Waals surface area contributed by atoms with Gasteiger partial charge < -0.3 is 10.3 Å². The molecule has 0 saturated heterocycles. The van der Waals surface area contributed by atoms with Crippen molar-refractivity contribution in [1.29, 1.82) is 0 Å². The first-order valence-corrected chi connectivity index (χ1v) is 7.16. The van der Waals surface area contributed by atoms with Crippen LogP contribution in [0.4, 0.5) is 5.69 Å². The van der Waals surface area contributed by atoms with Crippen LogP contribution >= 0.6 is 0 Å². The van der Waals surface area contributed by atoms with Gasteiger partial charge in [0.05, 0.1) is 5.69 Å². The van der Waals surface area contributed by atoms with Gasteiger partial charge in [-0.3, -0.25) is 4.79 Å². The summed E-state index contributed by atoms with van der Waals surface area (Å²) in [6, 6.07) is 1.81. The van der Waals surface area contributed by atoms with Crippen molar-refractivity contribution in [1.82, 2.24) is 4.98 Å². The molecule has 3 nitrogen and oxygen atoms in total. The monoisotopic (exact) mass is 254 g/mol. The van der Waals surface area contributed by atoms with Gasteiger partial charge in [-0.1, -0.05) is 23.8 Å². The lowest BCUT2D eigenvalue weighted by atomic mass is 9.66. The molecule has 2 N–H and O–H groups in total. The number of H-pyrrole nitrogens is 1. The van der Waals surface area contributed by atoms with Gasteiger partial charge >= 0.3 is 0 Å². The van der Waals surface area contributed by atoms with Gasteiger partial charge in [-0.2, -0.15) is 0 Å². The molecule has 5 rings (SSSR count). The van der Waals surface area contributed by atoms with Crippen molar-refractivity contribution in [3.05, 3.63) is 51.5 Å². The molecule has 1 atom stereocenters. The first-order valence-electron chi connectivity index (χ1n) is 7.16. The molecule has 1 unspecified atom stereocenters. The van der Waals surface area contributed by atoms with Crippen LogP contribution in [-0.4, -0.2) is 11.5 Å². The van der Waals surface area contributed by atoms with Crippen LogP contribution < -0.4 is 10.9 Å². The standard InChI is InChI=1S/C16H18N2O/c19-14-10-12(15-13(18-14)2-1-9-17-15)16-6-3-11(4-7-16)5-8-16/h3-4,6,10,17H,1-2,5,7-9H2,(H,18,19). The summed E-state index contributed by atoms with van der Waals surface area (Å²) in [5.74, 6) is 0. The summed E-state index contributed by atoms with van der Waals surface area (Å²) < 4.78 is 0. The summed E-state index contributed by atoms with van der Waals surface area (Å²) in [7, 11) is 0. The summed E-state index contributed by atoms with van der Waals surface area (Å²) in [5.41, 5.74) is 5.03. The normalized spacial score (nSPS) is 27.7. The molecular formula is C16H18N2O. The molecule has 1 aromatic heterocycles. The van der Waals surface area contributed by atoms with E-state index < -0.39 is 0 Å². The highest BCUT2D eigenvalue weighted by Crippen LogP contribution is 2.47. The van der Waals surface area contributed by atoms with Gasteiger partial charge in [0.25, 0.3) is 0 Å². The SMILES string of the molecule is O=c1cc(C23C=CC(=CC2)CC3)c2c([nH]1)CCCN2. The van der Waals surface area contributed by atoms with Crippen molar-refractivity contribution in [2.75, 3.05) is 11.9 Å². The predicted molar refractivity (Wildman–Crippen MR) is 76.6 cm³/mol. The number of aryl methyl sites for hydroxylation is 1. The lowest BCUT2D eigenvalue weighted by molar-refractivity contribution is 0.460. The molecular weight excluding hydrogens is 236 g/mol. The fraction of sp³-hybridized carbons (Fsp3) is 0.438. The highest BCUT2D eigenvalue weighted by molar-refractivity contribution is 5.62. The number of fused-ring (bicyclic) bond motifs is 3. The number of aromatic amines is 1. The van der Waals surface area contributed by atoms with E-state index in [1.165, 1.54) is 16.8 Å². The average molecular weight is 254 g/mol. The summed E-state index contributed by atoms with van der Waals surface area (Å²) in [4.78, 5) is 15.0. The highest BCUT2D eigenvalue weighted by Gasteiger charge is 2.37. The fourth-order valence-corrected chi connectivity index (χ4v) is 3.66. The van der Waals surface area contributed by atoms with Crippen molar-refractivity contribution in [3.63, 3.8) is 0 Å². The summed E-state index contributed by atoms with van der Waals surface area (Å²) in [6.45, 7) is 1.01. The van der Waals surface area contributed by atoms with Crippen molar-refractivity contribution in [2.45, 2.75) is 37.5 Å². The Labute approximate surface area is 112 Å². The zero-order chi connectivity index (χ0) is 12.9. The Morgan fingerprint density at radius 3 is 2.95 bits per heavy atom. The number of aromatic nitrogens is 1. The Bertz CT molecular complexity index is 653. The molecule has 1 aromatic rings. The van der Waals surface area contributed by atoms with Crippen molar-refractivity contribution < 1.29 is 0 Å². The molecule has 19 heavy (non-hydrogen) atoms. The number of nitrogens with one attached hydrogen (secondary N) is 2. The van der Waals surface area contributed by atoms with Crippen LogP contribution in [0.2, 0.25) is 0 Å². The summed E-state index contributed by atoms with van der Waals surface area (Å²) >= 11 is 0. The van der Waals surface area contributed by atoms with Gasteiger partial charge in [0.1, 0.15) is 0 Å². The van der Waals surface area contributed by atoms with Gasteiger partial charge in [0.15, 0.2) is 0 Å². The number of allylic oxidation sites excluding steroid dienone is 4. The molecule has 3 heteroatoms. The number of rotatable bonds is 1. The number of hydrogen-bond donors (Lipinski definition) is 2. The van der Waals surface area contributed by atoms with Crippen LogP contribution in [-0.2, 0) is 11.8 Å². The summed E-state index contributed by atoms with van der Waals surface area (Å²) in [6.07, 6.45) is 12.3. The maximum atomic E-state index is 12.0. The number of hydrogen-bond acceptors (Lipinski definition) is 2. The van der Waals surface area contributed by atoms with Crippen molar-refractivity contribution >= 4 is 5.69 Å². The molecule has 2 bridgehead atoms. The Morgan fingerprint density at radius 1 is 1.26 bits per heavy atom. The van der Waals surface area contributed by atoms with E-state index in [9.17, 15) is 4.79 Å². The van der Waals surface area contributed by atoms with E-state index in [-0.39, 0.29) is 11.0 Å². The Hall–Kier alpha value is -1.77. The number of anilines is 1. The maximum Gasteiger partial charge on any atom is 0.248 e. The first-order chi connectivity index (χ1) is 9.27. The molecule has 0 aromatic carbocycles. The van der Waals surface area contributed by atoms with Crippen LogP contribution in [0.3, 0.4) is 0 Å². The zero-order valence-corrected chi connectivity index (χ0v) is 11.0. The zero-order valence-electron chi connectivity index (χ0n) is 11.0. The van der Waals surface area contributed by atoms with Crippen molar-refractivity contribution in [3.8, 4) is 0 Å². The largest absolute Gasteiger partial charge is 0.383 e. The van der Waals surface area contributed by atoms with Gasteiger partial charge in [-0.05, 0) is 37.7 Å². The average Bonchev–Trinajstić information content (AvgIpc) is 2.48. The van der Waals surface area contributed by atoms with E-state index in [0.29, 0.717) is 0 Å². The minimum absolute atomic E-state index is 0.0422. The van der Waals surface area contributed by atoms with Gasteiger partial charge in [-0.25, -0.2) is 0 Å². The fourth-order valence-electron chi connectivity index (χ4n) is 3.66. The van der Waals surface area contributed by atoms with Crippen LogP contribution in [0.1, 0.15) is 36.9 Å². The third-order valence-corrected chi connectivity index (χ3v) is 4.77. The van der Waals surface area contributed by atoms with Gasteiger partial charge in [0, 0.05) is 23.7 Å². The molecule has 0 fully saturated rings. The molecule has 0 saturated carbocycles. The molecule has 0 radical (unpaired) electrons. The topological polar surface area (TPSA) is 44.9 Å². The van der Waals surface area contributed by atoms with Crippen LogP contribution in [0, 0.1) is 0 Å². The lowest BCUT2D eigenvalue weighted by Gasteiger charge is -2.40. The molecule has 4 aliphatic rings. The van der Waals surface area contributed by atoms with Gasteiger partial charge in [-0.15, -0.1) is 0 Å². The maximum absolute atomic E-state index is 12.0. The van der Waals surface area contributed by atoms with Crippen molar-refractivity contribution in [2.24, 2.45) is 0 Å². The second-order valence-electron chi connectivity index (χ2n) is 5.90. The third kappa shape index (κ3) is 1.61. The molecule has 1 aliphatic heterocycles. The van der Waals surface area contributed by atoms with E-state index in [4.69, 9.17) is 0 Å². The Morgan fingerprint density at radius 2 is 2.21 bits per heavy atom. The Balaban J connectivity index is 1.92. The molecule has 2 heterocycles. The smallest absolute Gasteiger partial charge is 0.248 e. The van der Waals surface area contributed by atoms with Crippen LogP contribution in [0.25, 0.3) is 0 Å². The minimum Gasteiger partial charge on any atom is -0.383 e. The summed E-state index contributed by atoms with van der Waals surface area (Å²) in [5, 5.41) is 3.51. The van der Waals surface area contributed by atoms with E-state index in [1.807, 2.05) is 6.07 Å². The molecule has 0 spiro atoms. The van der Waals surface area contributed by atoms with Gasteiger partial charge in [0.2, 0.25) is 5.56 Å². The Kier molecular flexibility index (Phi) is 2.25. The third-order valence-electron chi connectivity index (χ3n) is 4.77. The number of pyridine rings is 1. The second-order valence-corrected chi connectivity index (χ2v) is 5.90. The lowest BCUT2D eigenvalue weighted by Crippen LogP contribution is -2.33. The van der Waals surface area contributed by atoms with Crippen LogP contribution in [0.5, 0.6) is 0 Å². The van der Waals surface area contributed by atoms with E-state index in [2.05, 4.69) is 28.5 Å². The quantitative estimate of drug-likeness (QED) is 0.809. The molecule has 98 valence electrons. The second kappa shape index (κ2) is 3.86. The van der Waals surface area contributed by atoms with E-state index in [0.717, 1.165) is 44.3 Å². The predicted octanol–water partition coefficient (Wildman–Crippen LogP) is 2.65. The highest BCUT2D eigenvalue weighted by atomic mass is 16.1. The van der Waals surface area contributed by atoms with E-state index >= 15 is 0 Å². The minimum atomic E-state index is 0.0422.